The van der Waals surface area contributed by atoms with Gasteiger partial charge in [0.15, 0.2) is 0 Å². The molecule has 0 aliphatic heterocycles. The summed E-state index contributed by atoms with van der Waals surface area (Å²) in [5.74, 6) is 0. The third-order valence-electron chi connectivity index (χ3n) is 2.08. The van der Waals surface area contributed by atoms with Crippen molar-refractivity contribution in [3.63, 3.8) is 0 Å². The summed E-state index contributed by atoms with van der Waals surface area (Å²) in [6, 6.07) is 11.5. The summed E-state index contributed by atoms with van der Waals surface area (Å²) >= 11 is 5.26. The highest BCUT2D eigenvalue weighted by atomic mass is 35.5. The first kappa shape index (κ1) is 12.3. The molecule has 0 aliphatic rings. The lowest BCUT2D eigenvalue weighted by atomic mass is 10.2. The number of nitrogens with one attached hydrogen (secondary N) is 1. The first-order chi connectivity index (χ1) is 7.65. The van der Waals surface area contributed by atoms with Crippen LogP contribution in [0.5, 0.6) is 0 Å². The molecule has 82 valence electrons. The minimum Gasteiger partial charge on any atom is -0.383 e. The van der Waals surface area contributed by atoms with Gasteiger partial charge in [-0.1, -0.05) is 30.3 Å². The van der Waals surface area contributed by atoms with Crippen molar-refractivity contribution >= 4 is 16.8 Å². The van der Waals surface area contributed by atoms with Crippen LogP contribution < -0.4 is 5.32 Å². The van der Waals surface area contributed by atoms with Crippen molar-refractivity contribution in [2.75, 3.05) is 0 Å². The Morgan fingerprint density at radius 1 is 1.44 bits per heavy atom. The number of nitriles is 1. The normalized spacial score (nSPS) is 11.3. The zero-order valence-corrected chi connectivity index (χ0v) is 9.58. The van der Waals surface area contributed by atoms with Crippen LogP contribution in [-0.4, -0.2) is 5.24 Å². The molecule has 1 rings (SSSR count). The molecular formula is C12H11ClN2O. The van der Waals surface area contributed by atoms with Gasteiger partial charge in [-0.05, 0) is 24.1 Å². The largest absolute Gasteiger partial charge is 0.383 e. The van der Waals surface area contributed by atoms with Crippen molar-refractivity contribution in [1.82, 2.24) is 5.32 Å². The second kappa shape index (κ2) is 5.94. The fraction of sp³-hybridized carbons (Fsp3) is 0.167. The number of carbonyl (C=O) groups excluding carboxylic acids is 1. The van der Waals surface area contributed by atoms with Gasteiger partial charge in [0.25, 0.3) is 5.24 Å². The number of allylic oxidation sites excluding steroid dienone is 2. The van der Waals surface area contributed by atoms with Crippen LogP contribution in [0.15, 0.2) is 41.6 Å². The van der Waals surface area contributed by atoms with E-state index in [1.54, 1.807) is 13.0 Å². The lowest BCUT2D eigenvalue weighted by molar-refractivity contribution is -0.108. The molecule has 3 nitrogen and oxygen atoms in total. The quantitative estimate of drug-likeness (QED) is 0.494. The summed E-state index contributed by atoms with van der Waals surface area (Å²) in [5, 5.41) is 11.0. The van der Waals surface area contributed by atoms with E-state index in [4.69, 9.17) is 16.9 Å². The van der Waals surface area contributed by atoms with Gasteiger partial charge < -0.3 is 5.32 Å². The van der Waals surface area contributed by atoms with E-state index in [2.05, 4.69) is 5.32 Å². The predicted molar refractivity (Wildman–Crippen MR) is 62.5 cm³/mol. The van der Waals surface area contributed by atoms with Gasteiger partial charge in [-0.15, -0.1) is 0 Å². The molecule has 0 bridgehead atoms. The van der Waals surface area contributed by atoms with Crippen LogP contribution in [0, 0.1) is 11.3 Å². The molecule has 0 saturated carbocycles. The molecule has 0 unspecified atom stereocenters. The van der Waals surface area contributed by atoms with Gasteiger partial charge >= 0.3 is 0 Å². The number of halogens is 1. The van der Waals surface area contributed by atoms with E-state index in [1.165, 1.54) is 0 Å². The van der Waals surface area contributed by atoms with Crippen LogP contribution in [0.4, 0.5) is 0 Å². The van der Waals surface area contributed by atoms with Crippen LogP contribution in [0.25, 0.3) is 0 Å². The van der Waals surface area contributed by atoms with Crippen molar-refractivity contribution in [3.05, 3.63) is 47.2 Å². The molecule has 16 heavy (non-hydrogen) atoms. The highest BCUT2D eigenvalue weighted by Crippen LogP contribution is 2.06. The Bertz CT molecular complexity index is 446. The lowest BCUT2D eigenvalue weighted by Crippen LogP contribution is -2.14. The van der Waals surface area contributed by atoms with Gasteiger partial charge in [0.2, 0.25) is 0 Å². The Morgan fingerprint density at radius 2 is 2.06 bits per heavy atom. The first-order valence-electron chi connectivity index (χ1n) is 4.73. The monoisotopic (exact) mass is 234 g/mol. The van der Waals surface area contributed by atoms with Crippen molar-refractivity contribution < 1.29 is 4.79 Å². The van der Waals surface area contributed by atoms with E-state index in [0.717, 1.165) is 5.56 Å². The van der Waals surface area contributed by atoms with Gasteiger partial charge in [0.1, 0.15) is 11.6 Å². The SMILES string of the molecule is C/C(NCc1ccccc1)=C(\C#N)C(=O)Cl. The maximum Gasteiger partial charge on any atom is 0.264 e. The van der Waals surface area contributed by atoms with E-state index in [9.17, 15) is 4.79 Å². The maximum atomic E-state index is 10.9. The van der Waals surface area contributed by atoms with E-state index in [-0.39, 0.29) is 5.57 Å². The second-order valence-electron chi connectivity index (χ2n) is 3.22. The molecule has 0 spiro atoms. The van der Waals surface area contributed by atoms with Crippen molar-refractivity contribution in [3.8, 4) is 6.07 Å². The predicted octanol–water partition coefficient (Wildman–Crippen LogP) is 2.34. The highest BCUT2D eigenvalue weighted by molar-refractivity contribution is 6.68. The molecule has 0 aliphatic carbocycles. The average molecular weight is 235 g/mol. The van der Waals surface area contributed by atoms with Gasteiger partial charge in [-0.3, -0.25) is 4.79 Å². The summed E-state index contributed by atoms with van der Waals surface area (Å²) in [6.45, 7) is 2.21. The maximum absolute atomic E-state index is 10.9. The minimum absolute atomic E-state index is 0.0439. The fourth-order valence-electron chi connectivity index (χ4n) is 1.19. The van der Waals surface area contributed by atoms with E-state index in [1.807, 2.05) is 30.3 Å². The van der Waals surface area contributed by atoms with Crippen LogP contribution in [0.1, 0.15) is 12.5 Å². The second-order valence-corrected chi connectivity index (χ2v) is 3.57. The Hall–Kier alpha value is -1.79. The minimum atomic E-state index is -0.736. The number of carbonyl (C=O) groups is 1. The standard InChI is InChI=1S/C12H11ClN2O/c1-9(11(7-14)12(13)16)15-8-10-5-3-2-4-6-10/h2-6,15H,8H2,1H3/b11-9-. The molecule has 0 aromatic heterocycles. The van der Waals surface area contributed by atoms with Crippen LogP contribution in [-0.2, 0) is 11.3 Å². The molecule has 0 fully saturated rings. The average Bonchev–Trinajstić information content (AvgIpc) is 2.28. The van der Waals surface area contributed by atoms with E-state index >= 15 is 0 Å². The first-order valence-corrected chi connectivity index (χ1v) is 5.11. The molecule has 0 atom stereocenters. The fourth-order valence-corrected chi connectivity index (χ4v) is 1.38. The Morgan fingerprint density at radius 3 is 2.56 bits per heavy atom. The molecule has 1 N–H and O–H groups in total. The zero-order chi connectivity index (χ0) is 12.0. The summed E-state index contributed by atoms with van der Waals surface area (Å²) < 4.78 is 0. The molecular weight excluding hydrogens is 224 g/mol. The van der Waals surface area contributed by atoms with Gasteiger partial charge in [0.05, 0.1) is 0 Å². The van der Waals surface area contributed by atoms with Crippen LogP contribution in [0.2, 0.25) is 0 Å². The highest BCUT2D eigenvalue weighted by Gasteiger charge is 2.08. The smallest absolute Gasteiger partial charge is 0.264 e. The molecule has 1 aromatic rings. The third kappa shape index (κ3) is 3.41. The molecule has 0 amide bonds. The number of hydrogen-bond donors (Lipinski definition) is 1. The number of rotatable bonds is 4. The van der Waals surface area contributed by atoms with Crippen molar-refractivity contribution in [1.29, 1.82) is 5.26 Å². The molecule has 4 heteroatoms. The summed E-state index contributed by atoms with van der Waals surface area (Å²) in [5.41, 5.74) is 1.52. The van der Waals surface area contributed by atoms with Crippen LogP contribution in [0.3, 0.4) is 0 Å². The van der Waals surface area contributed by atoms with Gasteiger partial charge in [-0.25, -0.2) is 0 Å². The Balaban J connectivity index is 2.69. The van der Waals surface area contributed by atoms with Crippen molar-refractivity contribution in [2.45, 2.75) is 13.5 Å². The van der Waals surface area contributed by atoms with Gasteiger partial charge in [-0.2, -0.15) is 5.26 Å². The van der Waals surface area contributed by atoms with Crippen LogP contribution >= 0.6 is 11.6 Å². The molecule has 0 radical (unpaired) electrons. The Kier molecular flexibility index (Phi) is 4.56. The lowest BCUT2D eigenvalue weighted by Gasteiger charge is -2.07. The topological polar surface area (TPSA) is 52.9 Å². The summed E-state index contributed by atoms with van der Waals surface area (Å²) in [7, 11) is 0. The number of nitrogens with zero attached hydrogens (tertiary/aromatic N) is 1. The van der Waals surface area contributed by atoms with E-state index < -0.39 is 5.24 Å². The molecule has 1 aromatic carbocycles. The summed E-state index contributed by atoms with van der Waals surface area (Å²) in [4.78, 5) is 10.9. The van der Waals surface area contributed by atoms with Crippen molar-refractivity contribution in [2.24, 2.45) is 0 Å². The molecule has 0 saturated heterocycles. The zero-order valence-electron chi connectivity index (χ0n) is 8.83. The summed E-state index contributed by atoms with van der Waals surface area (Å²) in [6.07, 6.45) is 0. The van der Waals surface area contributed by atoms with Gasteiger partial charge in [0, 0.05) is 12.2 Å². The third-order valence-corrected chi connectivity index (χ3v) is 2.27. The Labute approximate surface area is 99.3 Å². The number of benzene rings is 1. The van der Waals surface area contributed by atoms with E-state index in [0.29, 0.717) is 12.2 Å². The number of hydrogen-bond acceptors (Lipinski definition) is 3. The molecule has 0 heterocycles.